The summed E-state index contributed by atoms with van der Waals surface area (Å²) in [5.41, 5.74) is 0. The average Bonchev–Trinajstić information content (AvgIpc) is 3.10. The molecule has 2 heterocycles. The third kappa shape index (κ3) is 3.34. The molecule has 2 aromatic rings. The van der Waals surface area contributed by atoms with Crippen molar-refractivity contribution in [3.8, 4) is 0 Å². The highest BCUT2D eigenvalue weighted by Crippen LogP contribution is 2.20. The maximum Gasteiger partial charge on any atom is 0.287 e. The number of rotatable bonds is 5. The van der Waals surface area contributed by atoms with Crippen LogP contribution < -0.4 is 5.32 Å². The van der Waals surface area contributed by atoms with Crippen molar-refractivity contribution in [1.82, 2.24) is 9.62 Å². The summed E-state index contributed by atoms with van der Waals surface area (Å²) in [6, 6.07) is 6.28. The number of nitrogens with one attached hydrogen (secondary N) is 1. The highest BCUT2D eigenvalue weighted by atomic mass is 32.2. The minimum absolute atomic E-state index is 0.0289. The van der Waals surface area contributed by atoms with Crippen LogP contribution in [0.3, 0.4) is 0 Å². The van der Waals surface area contributed by atoms with Gasteiger partial charge in [0, 0.05) is 19.0 Å². The molecule has 2 rings (SSSR count). The van der Waals surface area contributed by atoms with Gasteiger partial charge in [-0.25, -0.2) is 12.7 Å². The van der Waals surface area contributed by atoms with Gasteiger partial charge < -0.3 is 9.73 Å². The molecule has 1 atom stereocenters. The van der Waals surface area contributed by atoms with Crippen molar-refractivity contribution in [2.45, 2.75) is 18.1 Å². The molecule has 114 valence electrons. The highest BCUT2D eigenvalue weighted by Gasteiger charge is 2.24. The summed E-state index contributed by atoms with van der Waals surface area (Å²) in [6.45, 7) is 1.85. The van der Waals surface area contributed by atoms with Gasteiger partial charge in [-0.05, 0) is 30.5 Å². The Balaban J connectivity index is 2.13. The number of furan rings is 1. The molecule has 0 aliphatic carbocycles. The van der Waals surface area contributed by atoms with E-state index in [-0.39, 0.29) is 16.9 Å². The van der Waals surface area contributed by atoms with Gasteiger partial charge in [-0.15, -0.1) is 11.3 Å². The van der Waals surface area contributed by atoms with Crippen molar-refractivity contribution in [2.75, 3.05) is 14.1 Å². The van der Waals surface area contributed by atoms with Crippen LogP contribution in [0.4, 0.5) is 0 Å². The molecular formula is C13H16N2O4S2. The van der Waals surface area contributed by atoms with Gasteiger partial charge >= 0.3 is 0 Å². The number of thiophene rings is 1. The highest BCUT2D eigenvalue weighted by molar-refractivity contribution is 7.88. The van der Waals surface area contributed by atoms with E-state index in [1.54, 1.807) is 0 Å². The lowest BCUT2D eigenvalue weighted by atomic mass is 10.2. The zero-order valence-electron chi connectivity index (χ0n) is 11.9. The Hall–Kier alpha value is -1.64. The number of nitrogens with zero attached hydrogens (tertiary/aromatic N) is 1. The fourth-order valence-electron chi connectivity index (χ4n) is 1.64. The number of amides is 1. The topological polar surface area (TPSA) is 79.6 Å². The third-order valence-corrected chi connectivity index (χ3v) is 5.60. The molecule has 0 aliphatic rings. The van der Waals surface area contributed by atoms with Gasteiger partial charge in [0.1, 0.15) is 0 Å². The van der Waals surface area contributed by atoms with Gasteiger partial charge in [0.2, 0.25) is 5.09 Å². The second kappa shape index (κ2) is 6.00. The Labute approximate surface area is 127 Å². The molecule has 8 heteroatoms. The third-order valence-electron chi connectivity index (χ3n) is 2.86. The summed E-state index contributed by atoms with van der Waals surface area (Å²) >= 11 is 1.53. The smallest absolute Gasteiger partial charge is 0.287 e. The van der Waals surface area contributed by atoms with Crippen LogP contribution in [0.5, 0.6) is 0 Å². The van der Waals surface area contributed by atoms with E-state index in [9.17, 15) is 13.2 Å². The molecule has 0 saturated carbocycles. The molecular weight excluding hydrogens is 312 g/mol. The lowest BCUT2D eigenvalue weighted by Crippen LogP contribution is -2.26. The Bertz CT molecular complexity index is 717. The van der Waals surface area contributed by atoms with E-state index in [2.05, 4.69) is 5.32 Å². The van der Waals surface area contributed by atoms with Gasteiger partial charge in [-0.2, -0.15) is 0 Å². The monoisotopic (exact) mass is 328 g/mol. The van der Waals surface area contributed by atoms with Crippen LogP contribution in [0.25, 0.3) is 0 Å². The minimum atomic E-state index is -3.67. The van der Waals surface area contributed by atoms with Crippen molar-refractivity contribution in [3.05, 3.63) is 40.3 Å². The van der Waals surface area contributed by atoms with E-state index in [0.29, 0.717) is 0 Å². The van der Waals surface area contributed by atoms with Gasteiger partial charge in [-0.3, -0.25) is 4.79 Å². The Morgan fingerprint density at radius 1 is 1.33 bits per heavy atom. The standard InChI is InChI=1S/C13H16N2O4S2/c1-9(11-5-4-8-20-11)14-13(16)10-6-7-12(19-10)21(17,18)15(2)3/h4-9H,1-3H3,(H,14,16). The Morgan fingerprint density at radius 3 is 2.62 bits per heavy atom. The SMILES string of the molecule is CC(NC(=O)c1ccc(S(=O)(=O)N(C)C)o1)c1cccs1. The number of hydrogen-bond donors (Lipinski definition) is 1. The van der Waals surface area contributed by atoms with Crippen molar-refractivity contribution in [2.24, 2.45) is 0 Å². The number of carbonyl (C=O) groups excluding carboxylic acids is 1. The van der Waals surface area contributed by atoms with Crippen molar-refractivity contribution < 1.29 is 17.6 Å². The lowest BCUT2D eigenvalue weighted by Gasteiger charge is -2.11. The van der Waals surface area contributed by atoms with Gasteiger partial charge in [-0.1, -0.05) is 6.07 Å². The van der Waals surface area contributed by atoms with Gasteiger partial charge in [0.25, 0.3) is 15.9 Å². The predicted octanol–water partition coefficient (Wildman–Crippen LogP) is 2.08. The number of carbonyl (C=O) groups is 1. The normalized spacial score (nSPS) is 13.3. The van der Waals surface area contributed by atoms with Crippen LogP contribution in [0.1, 0.15) is 28.4 Å². The largest absolute Gasteiger partial charge is 0.438 e. The fraction of sp³-hybridized carbons (Fsp3) is 0.308. The summed E-state index contributed by atoms with van der Waals surface area (Å²) < 4.78 is 29.9. The molecule has 1 unspecified atom stereocenters. The molecule has 2 aromatic heterocycles. The molecule has 0 fully saturated rings. The maximum atomic E-state index is 12.1. The van der Waals surface area contributed by atoms with Gasteiger partial charge in [0.15, 0.2) is 5.76 Å². The first-order valence-corrected chi connectivity index (χ1v) is 8.51. The van der Waals surface area contributed by atoms with Crippen LogP contribution in [0.2, 0.25) is 0 Å². The van der Waals surface area contributed by atoms with E-state index < -0.39 is 15.9 Å². The van der Waals surface area contributed by atoms with Crippen LogP contribution in [0.15, 0.2) is 39.2 Å². The molecule has 0 spiro atoms. The van der Waals surface area contributed by atoms with Crippen LogP contribution in [-0.2, 0) is 10.0 Å². The van der Waals surface area contributed by atoms with Crippen LogP contribution in [0, 0.1) is 0 Å². The summed E-state index contributed by atoms with van der Waals surface area (Å²) in [5.74, 6) is -0.477. The molecule has 0 aliphatic heterocycles. The number of hydrogen-bond acceptors (Lipinski definition) is 5. The van der Waals surface area contributed by atoms with E-state index in [0.717, 1.165) is 9.18 Å². The zero-order valence-corrected chi connectivity index (χ0v) is 13.5. The molecule has 0 bridgehead atoms. The van der Waals surface area contributed by atoms with E-state index in [4.69, 9.17) is 4.42 Å². The quantitative estimate of drug-likeness (QED) is 0.911. The molecule has 6 nitrogen and oxygen atoms in total. The average molecular weight is 328 g/mol. The van der Waals surface area contributed by atoms with Crippen LogP contribution >= 0.6 is 11.3 Å². The first-order valence-electron chi connectivity index (χ1n) is 6.19. The molecule has 1 N–H and O–H groups in total. The summed E-state index contributed by atoms with van der Waals surface area (Å²) in [7, 11) is -0.874. The summed E-state index contributed by atoms with van der Waals surface area (Å²) in [4.78, 5) is 13.1. The van der Waals surface area contributed by atoms with E-state index in [1.165, 1.54) is 37.6 Å². The van der Waals surface area contributed by atoms with Crippen molar-refractivity contribution in [3.63, 3.8) is 0 Å². The second-order valence-electron chi connectivity index (χ2n) is 4.62. The van der Waals surface area contributed by atoms with Crippen LogP contribution in [-0.4, -0.2) is 32.7 Å². The summed E-state index contributed by atoms with van der Waals surface area (Å²) in [6.07, 6.45) is 0. The minimum Gasteiger partial charge on any atom is -0.438 e. The Morgan fingerprint density at radius 2 is 2.05 bits per heavy atom. The van der Waals surface area contributed by atoms with E-state index >= 15 is 0 Å². The molecule has 0 radical (unpaired) electrons. The van der Waals surface area contributed by atoms with Gasteiger partial charge in [0.05, 0.1) is 6.04 Å². The predicted molar refractivity (Wildman–Crippen MR) is 79.8 cm³/mol. The molecule has 21 heavy (non-hydrogen) atoms. The second-order valence-corrected chi connectivity index (χ2v) is 7.68. The van der Waals surface area contributed by atoms with E-state index in [1.807, 2.05) is 24.4 Å². The lowest BCUT2D eigenvalue weighted by molar-refractivity contribution is 0.0907. The number of sulfonamides is 1. The first-order chi connectivity index (χ1) is 9.82. The molecule has 0 saturated heterocycles. The fourth-order valence-corrected chi connectivity index (χ4v) is 3.17. The van der Waals surface area contributed by atoms with Crippen molar-refractivity contribution >= 4 is 27.3 Å². The van der Waals surface area contributed by atoms with Crippen molar-refractivity contribution in [1.29, 1.82) is 0 Å². The first kappa shape index (κ1) is 15.7. The molecule has 0 aromatic carbocycles. The molecule has 1 amide bonds. The Kier molecular flexibility index (Phi) is 4.50. The summed E-state index contributed by atoms with van der Waals surface area (Å²) in [5, 5.41) is 4.44. The maximum absolute atomic E-state index is 12.1. The zero-order chi connectivity index (χ0) is 15.6.